The van der Waals surface area contributed by atoms with Gasteiger partial charge in [0.05, 0.1) is 16.7 Å². The molecule has 0 bridgehead atoms. The Labute approximate surface area is 183 Å². The highest BCUT2D eigenvalue weighted by molar-refractivity contribution is 7.99. The number of nitrogens with zero attached hydrogens (tertiary/aromatic N) is 3. The Hall–Kier alpha value is -2.23. The van der Waals surface area contributed by atoms with Crippen LogP contribution in [0, 0.1) is 0 Å². The summed E-state index contributed by atoms with van der Waals surface area (Å²) in [7, 11) is 0. The molecule has 4 rings (SSSR count). The van der Waals surface area contributed by atoms with Crippen molar-refractivity contribution in [2.75, 3.05) is 0 Å². The van der Waals surface area contributed by atoms with Crippen molar-refractivity contribution in [3.8, 4) is 5.69 Å². The lowest BCUT2D eigenvalue weighted by molar-refractivity contribution is -0.146. The number of hydrogen-bond acceptors (Lipinski definition) is 4. The van der Waals surface area contributed by atoms with E-state index in [1.54, 1.807) is 24.3 Å². The first kappa shape index (κ1) is 22.5. The second kappa shape index (κ2) is 8.87. The fraction of sp³-hybridized carbons (Fsp3) is 0.211. The van der Waals surface area contributed by atoms with Gasteiger partial charge in [0.2, 0.25) is 5.82 Å². The quantitative estimate of drug-likeness (QED) is 0.465. The molecule has 0 unspecified atom stereocenters. The number of aliphatic carboxylic acids is 1. The zero-order valence-electron chi connectivity index (χ0n) is 15.3. The number of fused-ring (bicyclic) bond motifs is 3. The van der Waals surface area contributed by atoms with Crippen LogP contribution in [0.15, 0.2) is 42.5 Å². The predicted octanol–water partition coefficient (Wildman–Crippen LogP) is 6.02. The molecule has 0 spiro atoms. The Morgan fingerprint density at radius 3 is 2.47 bits per heavy atom. The van der Waals surface area contributed by atoms with Crippen molar-refractivity contribution in [2.45, 2.75) is 24.1 Å². The normalized spacial score (nSPS) is 15.3. The number of halogens is 5. The van der Waals surface area contributed by atoms with Crippen LogP contribution in [-0.4, -0.2) is 25.8 Å². The third kappa shape index (κ3) is 4.74. The highest BCUT2D eigenvalue weighted by atomic mass is 35.5. The summed E-state index contributed by atoms with van der Waals surface area (Å²) in [6.45, 7) is 1.08. The summed E-state index contributed by atoms with van der Waals surface area (Å²) in [5.41, 5.74) is 1.81. The van der Waals surface area contributed by atoms with E-state index in [1.807, 2.05) is 18.2 Å². The summed E-state index contributed by atoms with van der Waals surface area (Å²) in [4.78, 5) is 9.00. The van der Waals surface area contributed by atoms with Crippen molar-refractivity contribution in [1.29, 1.82) is 0 Å². The van der Waals surface area contributed by atoms with Crippen molar-refractivity contribution in [3.05, 3.63) is 75.3 Å². The van der Waals surface area contributed by atoms with Gasteiger partial charge in [0.15, 0.2) is 0 Å². The third-order valence-electron chi connectivity index (χ3n) is 4.06. The molecular weight excluding hydrogens is 462 g/mol. The number of carbonyl (C=O) groups is 1. The molecule has 0 amide bonds. The Morgan fingerprint density at radius 2 is 1.83 bits per heavy atom. The summed E-state index contributed by atoms with van der Waals surface area (Å²) in [5.74, 6) is -1.39. The second-order valence-electron chi connectivity index (χ2n) is 6.21. The molecule has 0 aliphatic carbocycles. The Morgan fingerprint density at radius 1 is 1.17 bits per heavy atom. The number of aromatic nitrogens is 3. The van der Waals surface area contributed by atoms with E-state index in [-0.39, 0.29) is 16.8 Å². The number of thioether (sulfide) groups is 1. The predicted molar refractivity (Wildman–Crippen MR) is 109 cm³/mol. The first-order valence-electron chi connectivity index (χ1n) is 8.46. The zero-order valence-corrected chi connectivity index (χ0v) is 17.6. The number of alkyl halides is 3. The maximum Gasteiger partial charge on any atom is 0.452 e. The van der Waals surface area contributed by atoms with Gasteiger partial charge in [-0.2, -0.15) is 13.2 Å². The van der Waals surface area contributed by atoms with E-state index < -0.39 is 18.0 Å². The van der Waals surface area contributed by atoms with Gasteiger partial charge in [0, 0.05) is 17.0 Å². The number of rotatable bonds is 1. The van der Waals surface area contributed by atoms with Gasteiger partial charge in [-0.3, -0.25) is 9.36 Å². The lowest BCUT2D eigenvalue weighted by Crippen LogP contribution is -2.15. The van der Waals surface area contributed by atoms with E-state index in [4.69, 9.17) is 33.1 Å². The van der Waals surface area contributed by atoms with Crippen molar-refractivity contribution >= 4 is 40.9 Å². The molecular formula is C19H14Cl2F3N3O2S. The topological polar surface area (TPSA) is 68.0 Å². The summed E-state index contributed by atoms with van der Waals surface area (Å²) < 4.78 is 41.3. The minimum atomic E-state index is -4.61. The van der Waals surface area contributed by atoms with Crippen LogP contribution in [0.1, 0.15) is 34.9 Å². The van der Waals surface area contributed by atoms with Gasteiger partial charge in [-0.1, -0.05) is 41.4 Å². The molecule has 30 heavy (non-hydrogen) atoms. The first-order valence-corrected chi connectivity index (χ1v) is 10.3. The van der Waals surface area contributed by atoms with Gasteiger partial charge in [-0.25, -0.2) is 0 Å². The number of carboxylic acids is 1. The van der Waals surface area contributed by atoms with Gasteiger partial charge in [-0.15, -0.1) is 22.0 Å². The average Bonchev–Trinajstić information content (AvgIpc) is 3.01. The summed E-state index contributed by atoms with van der Waals surface area (Å²) in [6, 6.07) is 12.1. The fourth-order valence-corrected chi connectivity index (χ4v) is 4.72. The van der Waals surface area contributed by atoms with Crippen LogP contribution in [0.5, 0.6) is 0 Å². The Kier molecular flexibility index (Phi) is 6.64. The first-order chi connectivity index (χ1) is 14.1. The zero-order chi connectivity index (χ0) is 22.1. The molecule has 1 atom stereocenters. The molecule has 158 valence electrons. The lowest BCUT2D eigenvalue weighted by atomic mass is 10.0. The molecule has 11 heteroatoms. The summed E-state index contributed by atoms with van der Waals surface area (Å²) >= 11 is 13.9. The molecule has 0 radical (unpaired) electrons. The van der Waals surface area contributed by atoms with Gasteiger partial charge in [0.1, 0.15) is 5.82 Å². The number of hydrogen-bond donors (Lipinski definition) is 1. The Bertz CT molecular complexity index is 1090. The van der Waals surface area contributed by atoms with Crippen LogP contribution < -0.4 is 0 Å². The van der Waals surface area contributed by atoms with Crippen LogP contribution in [0.4, 0.5) is 13.2 Å². The monoisotopic (exact) mass is 475 g/mol. The molecule has 5 nitrogen and oxygen atoms in total. The van der Waals surface area contributed by atoms with Crippen molar-refractivity contribution in [1.82, 2.24) is 14.8 Å². The van der Waals surface area contributed by atoms with Crippen LogP contribution in [0.3, 0.4) is 0 Å². The highest BCUT2D eigenvalue weighted by Gasteiger charge is 2.40. The summed E-state index contributed by atoms with van der Waals surface area (Å²) in [5, 5.41) is 15.2. The average molecular weight is 476 g/mol. The molecule has 2 heterocycles. The molecule has 1 aliphatic rings. The Balaban J connectivity index is 0.000000589. The van der Waals surface area contributed by atoms with Gasteiger partial charge < -0.3 is 5.11 Å². The molecule has 1 aromatic heterocycles. The molecule has 0 saturated carbocycles. The van der Waals surface area contributed by atoms with Gasteiger partial charge in [0.25, 0.3) is 5.97 Å². The molecule has 2 aromatic carbocycles. The van der Waals surface area contributed by atoms with Crippen LogP contribution in [-0.2, 0) is 16.7 Å². The summed E-state index contributed by atoms with van der Waals surface area (Å²) in [6.07, 6.45) is -4.61. The number of benzene rings is 2. The highest BCUT2D eigenvalue weighted by Crippen LogP contribution is 2.47. The molecule has 1 aliphatic heterocycles. The lowest BCUT2D eigenvalue weighted by Gasteiger charge is -2.20. The SMILES string of the molecule is CC(=O)O.FC(F)(F)c1nnc2n1-c1ccc(Cl)cc1[C@@H](c1ccccc1Cl)SC2. The molecule has 0 saturated heterocycles. The van der Waals surface area contributed by atoms with Crippen LogP contribution >= 0.6 is 35.0 Å². The van der Waals surface area contributed by atoms with E-state index in [0.717, 1.165) is 17.1 Å². The largest absolute Gasteiger partial charge is 0.481 e. The van der Waals surface area contributed by atoms with Crippen LogP contribution in [0.25, 0.3) is 5.69 Å². The van der Waals surface area contributed by atoms with Crippen molar-refractivity contribution in [3.63, 3.8) is 0 Å². The van der Waals surface area contributed by atoms with Gasteiger partial charge in [-0.05, 0) is 35.4 Å². The van der Waals surface area contributed by atoms with E-state index in [9.17, 15) is 13.2 Å². The fourth-order valence-electron chi connectivity index (χ4n) is 2.98. The maximum atomic E-state index is 13.4. The maximum absolute atomic E-state index is 13.4. The minimum absolute atomic E-state index is 0.237. The number of carboxylic acid groups (broad SMARTS) is 1. The minimum Gasteiger partial charge on any atom is -0.481 e. The smallest absolute Gasteiger partial charge is 0.452 e. The van der Waals surface area contributed by atoms with E-state index in [1.165, 1.54) is 11.8 Å². The van der Waals surface area contributed by atoms with Crippen LogP contribution in [0.2, 0.25) is 10.0 Å². The van der Waals surface area contributed by atoms with E-state index in [0.29, 0.717) is 21.3 Å². The molecule has 3 aromatic rings. The standard InChI is InChI=1S/C17H10Cl2F3N3S.C2H4O2/c18-9-5-6-13-11(7-9)15(10-3-1-2-4-12(10)19)26-8-14-23-24-16(25(13)14)17(20,21)22;1-2(3)4/h1-7,15H,8H2;1H3,(H,3,4)/t15-;/m1./s1. The van der Waals surface area contributed by atoms with E-state index in [2.05, 4.69) is 10.2 Å². The molecule has 1 N–H and O–H groups in total. The second-order valence-corrected chi connectivity index (χ2v) is 8.14. The van der Waals surface area contributed by atoms with Crippen molar-refractivity contribution < 1.29 is 23.1 Å². The third-order valence-corrected chi connectivity index (χ3v) is 5.91. The molecule has 0 fully saturated rings. The van der Waals surface area contributed by atoms with Gasteiger partial charge >= 0.3 is 6.18 Å². The van der Waals surface area contributed by atoms with E-state index >= 15 is 0 Å². The van der Waals surface area contributed by atoms with Crippen molar-refractivity contribution in [2.24, 2.45) is 0 Å².